The summed E-state index contributed by atoms with van der Waals surface area (Å²) in [5.41, 5.74) is 1.83. The van der Waals surface area contributed by atoms with Crippen LogP contribution in [0.3, 0.4) is 0 Å². The van der Waals surface area contributed by atoms with E-state index < -0.39 is 0 Å². The van der Waals surface area contributed by atoms with Gasteiger partial charge >= 0.3 is 0 Å². The molecule has 2 bridgehead atoms. The first-order chi connectivity index (χ1) is 13.1. The van der Waals surface area contributed by atoms with Crippen LogP contribution in [0.1, 0.15) is 41.6 Å². The Morgan fingerprint density at radius 3 is 2.30 bits per heavy atom. The van der Waals surface area contributed by atoms with Gasteiger partial charge in [-0.05, 0) is 36.2 Å². The van der Waals surface area contributed by atoms with E-state index in [2.05, 4.69) is 24.1 Å². The van der Waals surface area contributed by atoms with E-state index in [1.807, 2.05) is 18.2 Å². The van der Waals surface area contributed by atoms with Crippen molar-refractivity contribution < 1.29 is 14.1 Å². The molecule has 4 rings (SSSR count). The number of hydrogen-bond acceptors (Lipinski definition) is 1. The van der Waals surface area contributed by atoms with E-state index in [1.54, 1.807) is 17.0 Å². The van der Waals surface area contributed by atoms with Crippen molar-refractivity contribution in [3.8, 4) is 0 Å². The van der Waals surface area contributed by atoms with Gasteiger partial charge in [0.2, 0.25) is 0 Å². The third-order valence-electron chi connectivity index (χ3n) is 6.54. The number of hydrogen-bond donors (Lipinski definition) is 1. The molecule has 3 nitrogen and oxygen atoms in total. The lowest BCUT2D eigenvalue weighted by molar-refractivity contribution is -0.922. The second-order valence-electron chi connectivity index (χ2n) is 8.08. The highest BCUT2D eigenvalue weighted by molar-refractivity contribution is 5.94. The van der Waals surface area contributed by atoms with Gasteiger partial charge in [0.25, 0.3) is 5.91 Å². The Hall–Kier alpha value is -2.20. The summed E-state index contributed by atoms with van der Waals surface area (Å²) in [6.07, 6.45) is 5.53. The second kappa shape index (κ2) is 7.81. The molecule has 2 saturated heterocycles. The summed E-state index contributed by atoms with van der Waals surface area (Å²) in [5, 5.41) is 0. The molecule has 2 aliphatic heterocycles. The number of rotatable bonds is 5. The second-order valence-corrected chi connectivity index (χ2v) is 8.08. The van der Waals surface area contributed by atoms with Crippen LogP contribution in [0.4, 0.5) is 4.39 Å². The number of nitrogens with zero attached hydrogens (tertiary/aromatic N) is 1. The van der Waals surface area contributed by atoms with E-state index in [0.717, 1.165) is 19.3 Å². The maximum atomic E-state index is 13.3. The standard InChI is InChI=1S/C23H27FN2O/c1-25-20-11-12-21(25)16-22(15-20)26(14-13-17-5-3-2-4-6-17)23(27)18-7-9-19(24)10-8-18/h2-10,20-22H,11-16H2,1H3/p+1. The van der Waals surface area contributed by atoms with Gasteiger partial charge in [0, 0.05) is 43.8 Å². The Morgan fingerprint density at radius 2 is 1.67 bits per heavy atom. The van der Waals surface area contributed by atoms with Gasteiger partial charge in [-0.3, -0.25) is 4.79 Å². The molecule has 2 unspecified atom stereocenters. The smallest absolute Gasteiger partial charge is 0.254 e. The Labute approximate surface area is 160 Å². The molecule has 4 heteroatoms. The van der Waals surface area contributed by atoms with Crippen molar-refractivity contribution in [1.29, 1.82) is 0 Å². The van der Waals surface area contributed by atoms with E-state index in [4.69, 9.17) is 0 Å². The van der Waals surface area contributed by atoms with E-state index >= 15 is 0 Å². The SMILES string of the molecule is C[NH+]1C2CCC1CC(N(CCc1ccccc1)C(=O)c1ccc(F)cc1)C2. The van der Waals surface area contributed by atoms with Crippen molar-refractivity contribution in [3.05, 3.63) is 71.5 Å². The number of amides is 1. The molecule has 1 N–H and O–H groups in total. The van der Waals surface area contributed by atoms with Gasteiger partial charge in [-0.15, -0.1) is 0 Å². The minimum atomic E-state index is -0.302. The van der Waals surface area contributed by atoms with Crippen molar-refractivity contribution in [2.45, 2.75) is 50.2 Å². The normalized spacial score (nSPS) is 26.7. The van der Waals surface area contributed by atoms with Gasteiger partial charge in [0.1, 0.15) is 5.82 Å². The number of fused-ring (bicyclic) bond motifs is 2. The first-order valence-corrected chi connectivity index (χ1v) is 10.1. The highest BCUT2D eigenvalue weighted by Crippen LogP contribution is 2.27. The summed E-state index contributed by atoms with van der Waals surface area (Å²) < 4.78 is 13.3. The van der Waals surface area contributed by atoms with Gasteiger partial charge in [0.15, 0.2) is 0 Å². The lowest BCUT2D eigenvalue weighted by Gasteiger charge is -2.40. The molecule has 0 aromatic heterocycles. The van der Waals surface area contributed by atoms with Crippen LogP contribution in [-0.4, -0.2) is 42.5 Å². The Balaban J connectivity index is 1.55. The number of carbonyl (C=O) groups excluding carboxylic acids is 1. The van der Waals surface area contributed by atoms with E-state index in [0.29, 0.717) is 24.2 Å². The monoisotopic (exact) mass is 367 g/mol. The molecule has 2 fully saturated rings. The molecule has 1 amide bonds. The zero-order chi connectivity index (χ0) is 18.8. The Kier molecular flexibility index (Phi) is 5.26. The lowest BCUT2D eigenvalue weighted by Crippen LogP contribution is -3.15. The summed E-state index contributed by atoms with van der Waals surface area (Å²) >= 11 is 0. The average molecular weight is 367 g/mol. The molecule has 0 aliphatic carbocycles. The summed E-state index contributed by atoms with van der Waals surface area (Å²) in [7, 11) is 2.30. The fraction of sp³-hybridized carbons (Fsp3) is 0.435. The molecule has 27 heavy (non-hydrogen) atoms. The molecule has 2 aromatic carbocycles. The molecule has 0 spiro atoms. The van der Waals surface area contributed by atoms with E-state index in [-0.39, 0.29) is 17.8 Å². The highest BCUT2D eigenvalue weighted by atomic mass is 19.1. The van der Waals surface area contributed by atoms with Gasteiger partial charge in [-0.25, -0.2) is 4.39 Å². The van der Waals surface area contributed by atoms with Crippen LogP contribution in [0.5, 0.6) is 0 Å². The van der Waals surface area contributed by atoms with Gasteiger partial charge in [-0.2, -0.15) is 0 Å². The number of piperidine rings is 1. The number of halogens is 1. The van der Waals surface area contributed by atoms with Gasteiger partial charge in [-0.1, -0.05) is 30.3 Å². The maximum absolute atomic E-state index is 13.3. The van der Waals surface area contributed by atoms with Crippen molar-refractivity contribution in [3.63, 3.8) is 0 Å². The first-order valence-electron chi connectivity index (χ1n) is 10.1. The van der Waals surface area contributed by atoms with Crippen LogP contribution >= 0.6 is 0 Å². The van der Waals surface area contributed by atoms with Crippen LogP contribution in [-0.2, 0) is 6.42 Å². The largest absolute Gasteiger partial charge is 0.335 e. The van der Waals surface area contributed by atoms with Crippen LogP contribution in [0.15, 0.2) is 54.6 Å². The minimum absolute atomic E-state index is 0.0369. The predicted octanol–water partition coefficient (Wildman–Crippen LogP) is 2.72. The molecule has 2 atom stereocenters. The predicted molar refractivity (Wildman–Crippen MR) is 104 cm³/mol. The Morgan fingerprint density at radius 1 is 1.04 bits per heavy atom. The number of carbonyl (C=O) groups is 1. The molecule has 2 aromatic rings. The Bertz CT molecular complexity index is 763. The average Bonchev–Trinajstić information content (AvgIpc) is 2.90. The van der Waals surface area contributed by atoms with E-state index in [9.17, 15) is 9.18 Å². The lowest BCUT2D eigenvalue weighted by atomic mass is 9.95. The molecular formula is C23H28FN2O+. The quantitative estimate of drug-likeness (QED) is 0.864. The molecule has 2 aliphatic rings. The van der Waals surface area contributed by atoms with E-state index in [1.165, 1.54) is 30.5 Å². The van der Waals surface area contributed by atoms with Crippen molar-refractivity contribution in [2.24, 2.45) is 0 Å². The minimum Gasteiger partial charge on any atom is -0.335 e. The topological polar surface area (TPSA) is 24.8 Å². The first kappa shape index (κ1) is 18.2. The van der Waals surface area contributed by atoms with Crippen molar-refractivity contribution >= 4 is 5.91 Å². The number of benzene rings is 2. The van der Waals surface area contributed by atoms with Crippen LogP contribution < -0.4 is 4.90 Å². The zero-order valence-electron chi connectivity index (χ0n) is 15.9. The third kappa shape index (κ3) is 3.91. The fourth-order valence-corrected chi connectivity index (χ4v) is 4.91. The van der Waals surface area contributed by atoms with Crippen molar-refractivity contribution in [1.82, 2.24) is 4.90 Å². The fourth-order valence-electron chi connectivity index (χ4n) is 4.91. The number of quaternary nitrogens is 1. The summed E-state index contributed by atoms with van der Waals surface area (Å²) in [5.74, 6) is -0.266. The highest BCUT2D eigenvalue weighted by Gasteiger charge is 2.44. The molecular weight excluding hydrogens is 339 g/mol. The van der Waals surface area contributed by atoms with Gasteiger partial charge in [0.05, 0.1) is 19.1 Å². The van der Waals surface area contributed by atoms with Crippen LogP contribution in [0.25, 0.3) is 0 Å². The summed E-state index contributed by atoms with van der Waals surface area (Å²) in [6, 6.07) is 17.9. The van der Waals surface area contributed by atoms with Crippen LogP contribution in [0.2, 0.25) is 0 Å². The molecule has 2 heterocycles. The molecule has 0 radical (unpaired) electrons. The molecule has 142 valence electrons. The summed E-state index contributed by atoms with van der Waals surface area (Å²) in [6.45, 7) is 0.712. The summed E-state index contributed by atoms with van der Waals surface area (Å²) in [4.78, 5) is 17.0. The van der Waals surface area contributed by atoms with Crippen molar-refractivity contribution in [2.75, 3.05) is 13.6 Å². The van der Waals surface area contributed by atoms with Gasteiger partial charge < -0.3 is 9.80 Å². The maximum Gasteiger partial charge on any atom is 0.254 e. The zero-order valence-corrected chi connectivity index (χ0v) is 15.9. The number of nitrogens with one attached hydrogen (secondary N) is 1. The third-order valence-corrected chi connectivity index (χ3v) is 6.54. The van der Waals surface area contributed by atoms with Crippen LogP contribution in [0, 0.1) is 5.82 Å². The molecule has 0 saturated carbocycles.